The maximum absolute atomic E-state index is 12.2. The van der Waals surface area contributed by atoms with Crippen LogP contribution in [0.2, 0.25) is 0 Å². The minimum absolute atomic E-state index is 0.0374. The smallest absolute Gasteiger partial charge is 0.253 e. The quantitative estimate of drug-likeness (QED) is 0.668. The molecule has 0 bridgehead atoms. The molecule has 4 heteroatoms. The summed E-state index contributed by atoms with van der Waals surface area (Å²) in [5, 5.41) is 0. The van der Waals surface area contributed by atoms with E-state index in [1.807, 2.05) is 45.9 Å². The molecule has 0 radical (unpaired) electrons. The molecule has 1 aliphatic rings. The van der Waals surface area contributed by atoms with E-state index in [0.717, 1.165) is 37.2 Å². The van der Waals surface area contributed by atoms with Crippen molar-refractivity contribution in [1.29, 1.82) is 0 Å². The van der Waals surface area contributed by atoms with Gasteiger partial charge in [-0.1, -0.05) is 52.0 Å². The van der Waals surface area contributed by atoms with Crippen LogP contribution in [0.15, 0.2) is 48.5 Å². The van der Waals surface area contributed by atoms with Crippen molar-refractivity contribution >= 4 is 5.91 Å². The lowest BCUT2D eigenvalue weighted by molar-refractivity contribution is 0.0827. The van der Waals surface area contributed by atoms with E-state index in [2.05, 4.69) is 42.3 Å². The van der Waals surface area contributed by atoms with E-state index in [1.54, 1.807) is 26.1 Å². The number of amides is 1. The van der Waals surface area contributed by atoms with Gasteiger partial charge in [0.05, 0.1) is 7.11 Å². The number of ether oxygens (including phenoxy) is 1. The summed E-state index contributed by atoms with van der Waals surface area (Å²) in [5.41, 5.74) is 3.25. The Labute approximate surface area is 183 Å². The second kappa shape index (κ2) is 12.4. The van der Waals surface area contributed by atoms with E-state index < -0.39 is 0 Å². The Morgan fingerprint density at radius 1 is 0.933 bits per heavy atom. The predicted octanol–water partition coefficient (Wildman–Crippen LogP) is 5.46. The van der Waals surface area contributed by atoms with Gasteiger partial charge in [-0.05, 0) is 68.4 Å². The molecule has 0 aromatic heterocycles. The molecule has 30 heavy (non-hydrogen) atoms. The van der Waals surface area contributed by atoms with Crippen molar-refractivity contribution in [3.63, 3.8) is 0 Å². The van der Waals surface area contributed by atoms with Gasteiger partial charge in [0.25, 0.3) is 5.91 Å². The molecule has 0 N–H and O–H groups in total. The van der Waals surface area contributed by atoms with Gasteiger partial charge in [0.2, 0.25) is 0 Å². The number of likely N-dealkylation sites (tertiary alicyclic amines) is 1. The fourth-order valence-corrected chi connectivity index (χ4v) is 3.86. The van der Waals surface area contributed by atoms with Crippen LogP contribution in [0.5, 0.6) is 5.75 Å². The number of hydrogen-bond acceptors (Lipinski definition) is 3. The second-order valence-electron chi connectivity index (χ2n) is 7.39. The Hall–Kier alpha value is -2.33. The number of hydrogen-bond donors (Lipinski definition) is 0. The van der Waals surface area contributed by atoms with Gasteiger partial charge in [-0.3, -0.25) is 4.79 Å². The van der Waals surface area contributed by atoms with Crippen molar-refractivity contribution in [2.75, 3.05) is 41.3 Å². The summed E-state index contributed by atoms with van der Waals surface area (Å²) in [5.74, 6) is 0.926. The SMILES string of the molecule is CC.CC.COc1cccc(C2(c3ccc(C(=O)N(C)C)cc3)CCN(C)CC2)c1. The monoisotopic (exact) mass is 412 g/mol. The first-order chi connectivity index (χ1) is 14.5. The topological polar surface area (TPSA) is 32.8 Å². The van der Waals surface area contributed by atoms with E-state index in [9.17, 15) is 4.79 Å². The van der Waals surface area contributed by atoms with Crippen molar-refractivity contribution in [3.8, 4) is 5.75 Å². The van der Waals surface area contributed by atoms with Gasteiger partial charge < -0.3 is 14.5 Å². The zero-order valence-electron chi connectivity index (χ0n) is 20.2. The molecule has 2 aromatic rings. The average Bonchev–Trinajstić information content (AvgIpc) is 2.82. The van der Waals surface area contributed by atoms with Gasteiger partial charge in [-0.25, -0.2) is 0 Å². The summed E-state index contributed by atoms with van der Waals surface area (Å²) in [6, 6.07) is 16.6. The van der Waals surface area contributed by atoms with Gasteiger partial charge in [0.15, 0.2) is 0 Å². The molecule has 0 spiro atoms. The fourth-order valence-electron chi connectivity index (χ4n) is 3.86. The highest BCUT2D eigenvalue weighted by atomic mass is 16.5. The molecule has 166 valence electrons. The van der Waals surface area contributed by atoms with Gasteiger partial charge in [0, 0.05) is 25.1 Å². The minimum atomic E-state index is -0.0409. The van der Waals surface area contributed by atoms with Crippen LogP contribution in [0.1, 0.15) is 62.0 Å². The zero-order valence-corrected chi connectivity index (χ0v) is 20.2. The summed E-state index contributed by atoms with van der Waals surface area (Å²) in [7, 11) is 7.45. The highest BCUT2D eigenvalue weighted by Crippen LogP contribution is 2.42. The third-order valence-electron chi connectivity index (χ3n) is 5.55. The lowest BCUT2D eigenvalue weighted by Gasteiger charge is -2.42. The van der Waals surface area contributed by atoms with Crippen LogP contribution < -0.4 is 4.74 Å². The summed E-state index contributed by atoms with van der Waals surface area (Å²) >= 11 is 0. The number of carbonyl (C=O) groups excluding carboxylic acids is 1. The van der Waals surface area contributed by atoms with Crippen LogP contribution in [-0.2, 0) is 5.41 Å². The molecule has 0 saturated carbocycles. The van der Waals surface area contributed by atoms with Crippen LogP contribution in [0, 0.1) is 0 Å². The molecule has 1 fully saturated rings. The Bertz CT molecular complexity index is 761. The van der Waals surface area contributed by atoms with Crippen molar-refractivity contribution in [2.24, 2.45) is 0 Å². The number of methoxy groups -OCH3 is 1. The summed E-state index contributed by atoms with van der Waals surface area (Å²) < 4.78 is 5.46. The average molecular weight is 413 g/mol. The van der Waals surface area contributed by atoms with Gasteiger partial charge in [0.1, 0.15) is 5.75 Å². The van der Waals surface area contributed by atoms with E-state index in [0.29, 0.717) is 0 Å². The number of piperidine rings is 1. The molecule has 0 aliphatic carbocycles. The van der Waals surface area contributed by atoms with Crippen molar-refractivity contribution in [2.45, 2.75) is 46.0 Å². The molecule has 1 heterocycles. The largest absolute Gasteiger partial charge is 0.497 e. The fraction of sp³-hybridized carbons (Fsp3) is 0.500. The number of carbonyl (C=O) groups is 1. The first kappa shape index (κ1) is 25.7. The standard InChI is InChI=1S/C22H28N2O2.2C2H6/c1-23(2)21(25)17-8-10-18(11-9-17)22(12-14-24(3)15-13-22)19-6-5-7-20(16-19)26-4;2*1-2/h5-11,16H,12-15H2,1-4H3;2*1-2H3. The number of benzene rings is 2. The summed E-state index contributed by atoms with van der Waals surface area (Å²) in [4.78, 5) is 16.2. The number of rotatable bonds is 4. The number of nitrogens with zero attached hydrogens (tertiary/aromatic N) is 2. The molecule has 4 nitrogen and oxygen atoms in total. The third-order valence-corrected chi connectivity index (χ3v) is 5.55. The van der Waals surface area contributed by atoms with Gasteiger partial charge in [-0.2, -0.15) is 0 Å². The van der Waals surface area contributed by atoms with Gasteiger partial charge >= 0.3 is 0 Å². The Kier molecular flexibility index (Phi) is 10.6. The molecule has 1 amide bonds. The Morgan fingerprint density at radius 3 is 2.00 bits per heavy atom. The van der Waals surface area contributed by atoms with Crippen molar-refractivity contribution in [3.05, 3.63) is 65.2 Å². The van der Waals surface area contributed by atoms with E-state index >= 15 is 0 Å². The first-order valence-electron chi connectivity index (χ1n) is 11.1. The zero-order chi connectivity index (χ0) is 22.7. The lowest BCUT2D eigenvalue weighted by atomic mass is 9.68. The molecule has 0 unspecified atom stereocenters. The minimum Gasteiger partial charge on any atom is -0.497 e. The second-order valence-corrected chi connectivity index (χ2v) is 7.39. The molecule has 3 rings (SSSR count). The maximum atomic E-state index is 12.2. The summed E-state index contributed by atoms with van der Waals surface area (Å²) in [6.45, 7) is 10.1. The molecule has 0 atom stereocenters. The van der Waals surface area contributed by atoms with E-state index in [-0.39, 0.29) is 11.3 Å². The van der Waals surface area contributed by atoms with E-state index in [4.69, 9.17) is 4.74 Å². The molecular weight excluding hydrogens is 372 g/mol. The van der Waals surface area contributed by atoms with Crippen LogP contribution >= 0.6 is 0 Å². The van der Waals surface area contributed by atoms with Gasteiger partial charge in [-0.15, -0.1) is 0 Å². The molecule has 1 saturated heterocycles. The van der Waals surface area contributed by atoms with Crippen LogP contribution in [-0.4, -0.2) is 57.0 Å². The van der Waals surface area contributed by atoms with Crippen LogP contribution in [0.4, 0.5) is 0 Å². The van der Waals surface area contributed by atoms with Crippen molar-refractivity contribution in [1.82, 2.24) is 9.80 Å². The molecule has 2 aromatic carbocycles. The first-order valence-corrected chi connectivity index (χ1v) is 11.1. The summed E-state index contributed by atoms with van der Waals surface area (Å²) in [6.07, 6.45) is 2.11. The van der Waals surface area contributed by atoms with Crippen LogP contribution in [0.25, 0.3) is 0 Å². The normalized spacial score (nSPS) is 15.1. The third kappa shape index (κ3) is 5.85. The Balaban J connectivity index is 0.00000106. The van der Waals surface area contributed by atoms with E-state index in [1.165, 1.54) is 11.1 Å². The molecule has 1 aliphatic heterocycles. The highest BCUT2D eigenvalue weighted by molar-refractivity contribution is 5.93. The van der Waals surface area contributed by atoms with Crippen molar-refractivity contribution < 1.29 is 9.53 Å². The predicted molar refractivity (Wildman–Crippen MR) is 128 cm³/mol. The highest BCUT2D eigenvalue weighted by Gasteiger charge is 2.37. The maximum Gasteiger partial charge on any atom is 0.253 e. The van der Waals surface area contributed by atoms with Crippen LogP contribution in [0.3, 0.4) is 0 Å². The Morgan fingerprint density at radius 2 is 1.50 bits per heavy atom. The lowest BCUT2D eigenvalue weighted by Crippen LogP contribution is -2.41. The molecular formula is C26H40N2O2.